The van der Waals surface area contributed by atoms with Crippen molar-refractivity contribution in [2.24, 2.45) is 5.92 Å². The van der Waals surface area contributed by atoms with Crippen LogP contribution >= 0.6 is 23.2 Å². The van der Waals surface area contributed by atoms with E-state index in [1.54, 1.807) is 23.3 Å². The van der Waals surface area contributed by atoms with Gasteiger partial charge in [-0.3, -0.25) is 14.4 Å². The Labute approximate surface area is 199 Å². The number of amides is 2. The summed E-state index contributed by atoms with van der Waals surface area (Å²) < 4.78 is 5.26. The van der Waals surface area contributed by atoms with E-state index in [1.807, 2.05) is 30.3 Å². The standard InChI is InChI=1S/C24H18Cl2N2O5/c1-32-19-11-13(7-10-18(19)29)21-20-22(33-28(21)14-5-3-2-4-6-14)24(31)27(23(20)30)15-8-9-16(25)17(26)12-15/h2-12,20-22,29H,1H3/t20-,21-,22-/m1/s1. The van der Waals surface area contributed by atoms with Gasteiger partial charge in [0.15, 0.2) is 17.6 Å². The molecule has 2 aliphatic rings. The molecule has 5 rings (SSSR count). The molecular formula is C24H18Cl2N2O5. The number of hydroxylamine groups is 1. The van der Waals surface area contributed by atoms with Gasteiger partial charge in [0.05, 0.1) is 34.6 Å². The molecule has 2 saturated heterocycles. The Morgan fingerprint density at radius 1 is 0.909 bits per heavy atom. The summed E-state index contributed by atoms with van der Waals surface area (Å²) in [5, 5.41) is 12.2. The number of para-hydroxylation sites is 1. The Hall–Kier alpha value is -3.26. The summed E-state index contributed by atoms with van der Waals surface area (Å²) in [5.41, 5.74) is 1.66. The van der Waals surface area contributed by atoms with Crippen molar-refractivity contribution in [3.05, 3.63) is 82.3 Å². The molecule has 0 spiro atoms. The number of halogens is 2. The Morgan fingerprint density at radius 3 is 2.36 bits per heavy atom. The van der Waals surface area contributed by atoms with Crippen molar-refractivity contribution >= 4 is 46.4 Å². The molecule has 2 amide bonds. The number of imide groups is 1. The number of hydrogen-bond donors (Lipinski definition) is 1. The number of hydrogen-bond acceptors (Lipinski definition) is 6. The average molecular weight is 485 g/mol. The smallest absolute Gasteiger partial charge is 0.266 e. The minimum absolute atomic E-state index is 0.0331. The summed E-state index contributed by atoms with van der Waals surface area (Å²) >= 11 is 12.1. The van der Waals surface area contributed by atoms with Crippen LogP contribution in [0, 0.1) is 5.92 Å². The van der Waals surface area contributed by atoms with E-state index in [2.05, 4.69) is 0 Å². The van der Waals surface area contributed by atoms with Crippen molar-refractivity contribution in [2.75, 3.05) is 17.1 Å². The van der Waals surface area contributed by atoms with Crippen molar-refractivity contribution in [2.45, 2.75) is 12.1 Å². The molecule has 3 aromatic carbocycles. The molecule has 0 saturated carbocycles. The van der Waals surface area contributed by atoms with Gasteiger partial charge in [0, 0.05) is 0 Å². The van der Waals surface area contributed by atoms with E-state index in [1.165, 1.54) is 25.3 Å². The Bertz CT molecular complexity index is 1250. The van der Waals surface area contributed by atoms with Gasteiger partial charge >= 0.3 is 0 Å². The van der Waals surface area contributed by atoms with Crippen LogP contribution in [-0.2, 0) is 14.4 Å². The van der Waals surface area contributed by atoms with E-state index < -0.39 is 29.9 Å². The van der Waals surface area contributed by atoms with Gasteiger partial charge in [0.2, 0.25) is 5.91 Å². The molecule has 2 aliphatic heterocycles. The summed E-state index contributed by atoms with van der Waals surface area (Å²) in [6.07, 6.45) is -1.03. The number of benzene rings is 3. The lowest BCUT2D eigenvalue weighted by atomic mass is 9.90. The second-order valence-corrected chi connectivity index (χ2v) is 8.51. The number of anilines is 2. The van der Waals surface area contributed by atoms with E-state index >= 15 is 0 Å². The van der Waals surface area contributed by atoms with Gasteiger partial charge < -0.3 is 9.84 Å². The SMILES string of the molecule is COc1cc([C@@H]2[C@H]3C(=O)N(c4ccc(Cl)c(Cl)c4)C(=O)[C@@H]3ON2c2ccccc2)ccc1O. The van der Waals surface area contributed by atoms with Crippen LogP contribution < -0.4 is 14.7 Å². The first-order valence-electron chi connectivity index (χ1n) is 10.1. The topological polar surface area (TPSA) is 79.3 Å². The number of phenolic OH excluding ortho intramolecular Hbond substituents is 1. The second kappa shape index (κ2) is 8.26. The third kappa shape index (κ3) is 3.49. The van der Waals surface area contributed by atoms with Crippen molar-refractivity contribution in [1.29, 1.82) is 0 Å². The monoisotopic (exact) mass is 484 g/mol. The molecular weight excluding hydrogens is 467 g/mol. The van der Waals surface area contributed by atoms with Crippen molar-refractivity contribution in [3.63, 3.8) is 0 Å². The maximum atomic E-state index is 13.6. The molecule has 0 unspecified atom stereocenters. The largest absolute Gasteiger partial charge is 0.504 e. The van der Waals surface area contributed by atoms with Crippen LogP contribution in [0.15, 0.2) is 66.7 Å². The van der Waals surface area contributed by atoms with Crippen molar-refractivity contribution < 1.29 is 24.3 Å². The lowest BCUT2D eigenvalue weighted by Crippen LogP contribution is -2.37. The van der Waals surface area contributed by atoms with Crippen LogP contribution in [0.1, 0.15) is 11.6 Å². The van der Waals surface area contributed by atoms with Gasteiger partial charge in [-0.1, -0.05) is 47.5 Å². The average Bonchev–Trinajstić information content (AvgIpc) is 3.33. The van der Waals surface area contributed by atoms with Gasteiger partial charge in [0.1, 0.15) is 5.92 Å². The van der Waals surface area contributed by atoms with Crippen molar-refractivity contribution in [3.8, 4) is 11.5 Å². The highest BCUT2D eigenvalue weighted by molar-refractivity contribution is 6.42. The molecule has 0 bridgehead atoms. The highest BCUT2D eigenvalue weighted by Gasteiger charge is 2.60. The minimum atomic E-state index is -1.03. The molecule has 3 aromatic rings. The number of carbonyl (C=O) groups excluding carboxylic acids is 2. The number of methoxy groups -OCH3 is 1. The van der Waals surface area contributed by atoms with E-state index in [9.17, 15) is 14.7 Å². The number of nitrogens with zero attached hydrogens (tertiary/aromatic N) is 2. The number of carbonyl (C=O) groups is 2. The summed E-state index contributed by atoms with van der Waals surface area (Å²) in [5.74, 6) is -1.52. The first kappa shape index (κ1) is 21.6. The molecule has 33 heavy (non-hydrogen) atoms. The number of fused-ring (bicyclic) bond motifs is 1. The van der Waals surface area contributed by atoms with Gasteiger partial charge in [-0.25, -0.2) is 9.96 Å². The van der Waals surface area contributed by atoms with Crippen molar-refractivity contribution in [1.82, 2.24) is 0 Å². The minimum Gasteiger partial charge on any atom is -0.504 e. The Balaban J connectivity index is 1.60. The zero-order valence-corrected chi connectivity index (χ0v) is 18.8. The maximum Gasteiger partial charge on any atom is 0.266 e. The van der Waals surface area contributed by atoms with Gasteiger partial charge in [-0.05, 0) is 48.0 Å². The third-order valence-corrected chi connectivity index (χ3v) is 6.57. The lowest BCUT2D eigenvalue weighted by molar-refractivity contribution is -0.126. The van der Waals surface area contributed by atoms with Crippen LogP contribution in [0.3, 0.4) is 0 Å². The maximum absolute atomic E-state index is 13.6. The molecule has 0 aromatic heterocycles. The fourth-order valence-electron chi connectivity index (χ4n) is 4.31. The zero-order valence-electron chi connectivity index (χ0n) is 17.3. The second-order valence-electron chi connectivity index (χ2n) is 7.70. The van der Waals surface area contributed by atoms with E-state index in [-0.39, 0.29) is 16.5 Å². The van der Waals surface area contributed by atoms with Crippen LogP contribution in [0.4, 0.5) is 11.4 Å². The summed E-state index contributed by atoms with van der Waals surface area (Å²) in [7, 11) is 1.44. The highest BCUT2D eigenvalue weighted by atomic mass is 35.5. The number of aromatic hydroxyl groups is 1. The first-order valence-corrected chi connectivity index (χ1v) is 10.9. The van der Waals surface area contributed by atoms with Crippen LogP contribution in [0.2, 0.25) is 10.0 Å². The lowest BCUT2D eigenvalue weighted by Gasteiger charge is -2.29. The predicted molar refractivity (Wildman–Crippen MR) is 124 cm³/mol. The summed E-state index contributed by atoms with van der Waals surface area (Å²) in [6, 6.07) is 18.0. The molecule has 0 aliphatic carbocycles. The summed E-state index contributed by atoms with van der Waals surface area (Å²) in [4.78, 5) is 34.1. The quantitative estimate of drug-likeness (QED) is 0.537. The van der Waals surface area contributed by atoms with Gasteiger partial charge in [0.25, 0.3) is 5.91 Å². The Kier molecular flexibility index (Phi) is 5.40. The van der Waals surface area contributed by atoms with Crippen LogP contribution in [-0.4, -0.2) is 30.1 Å². The molecule has 7 nitrogen and oxygen atoms in total. The molecule has 0 radical (unpaired) electrons. The molecule has 1 N–H and O–H groups in total. The fraction of sp³-hybridized carbons (Fsp3) is 0.167. The van der Waals surface area contributed by atoms with Gasteiger partial charge in [-0.15, -0.1) is 0 Å². The van der Waals surface area contributed by atoms with E-state index in [4.69, 9.17) is 32.8 Å². The predicted octanol–water partition coefficient (Wildman–Crippen LogP) is 4.76. The molecule has 3 atom stereocenters. The molecule has 2 heterocycles. The summed E-state index contributed by atoms with van der Waals surface area (Å²) in [6.45, 7) is 0. The highest BCUT2D eigenvalue weighted by Crippen LogP contribution is 2.48. The Morgan fingerprint density at radius 2 is 1.67 bits per heavy atom. The first-order chi connectivity index (χ1) is 15.9. The zero-order chi connectivity index (χ0) is 23.3. The van der Waals surface area contributed by atoms with E-state index in [0.717, 1.165) is 4.90 Å². The fourth-order valence-corrected chi connectivity index (χ4v) is 4.60. The number of phenols is 1. The molecule has 168 valence electrons. The number of ether oxygens (including phenoxy) is 1. The molecule has 2 fully saturated rings. The van der Waals surface area contributed by atoms with Crippen LogP contribution in [0.25, 0.3) is 0 Å². The van der Waals surface area contributed by atoms with Gasteiger partial charge in [-0.2, -0.15) is 0 Å². The third-order valence-electron chi connectivity index (χ3n) is 5.83. The normalized spacial score (nSPS) is 22.1. The molecule has 9 heteroatoms. The number of rotatable bonds is 4. The van der Waals surface area contributed by atoms with E-state index in [0.29, 0.717) is 22.0 Å². The van der Waals surface area contributed by atoms with Crippen LogP contribution in [0.5, 0.6) is 11.5 Å².